The first-order chi connectivity index (χ1) is 4.33. The van der Waals surface area contributed by atoms with E-state index in [1.54, 1.807) is 0 Å². The van der Waals surface area contributed by atoms with Gasteiger partial charge in [-0.15, -0.1) is 10.2 Å². The first kappa shape index (κ1) is 7.11. The molecule has 0 radical (unpaired) electrons. The number of rotatable bonds is 2. The fourth-order valence-electron chi connectivity index (χ4n) is 0.458. The van der Waals surface area contributed by atoms with Crippen LogP contribution in [0.15, 0.2) is 3.92 Å². The van der Waals surface area contributed by atoms with Gasteiger partial charge in [0.2, 0.25) is 0 Å². The van der Waals surface area contributed by atoms with Crippen LogP contribution in [-0.2, 0) is 6.42 Å². The third-order valence-electron chi connectivity index (χ3n) is 0.800. The molecule has 1 heterocycles. The van der Waals surface area contributed by atoms with Crippen LogP contribution in [0.4, 0.5) is 0 Å². The molecule has 0 aliphatic carbocycles. The zero-order valence-electron chi connectivity index (χ0n) is 4.67. The van der Waals surface area contributed by atoms with Crippen LogP contribution in [0.3, 0.4) is 0 Å². The Bertz CT molecular complexity index is 188. The average Bonchev–Trinajstić information content (AvgIpc) is 2.17. The van der Waals surface area contributed by atoms with Crippen LogP contribution in [-0.4, -0.2) is 16.7 Å². The summed E-state index contributed by atoms with van der Waals surface area (Å²) in [6, 6.07) is 0. The molecule has 2 N–H and O–H groups in total. The molecule has 9 heavy (non-hydrogen) atoms. The molecule has 5 heteroatoms. The molecule has 0 spiro atoms. The third kappa shape index (κ3) is 2.00. The normalized spacial score (nSPS) is 10.0. The van der Waals surface area contributed by atoms with Gasteiger partial charge in [0, 0.05) is 6.42 Å². The van der Waals surface area contributed by atoms with Crippen LogP contribution >= 0.6 is 27.3 Å². The molecule has 0 bridgehead atoms. The monoisotopic (exact) mass is 207 g/mol. The SMILES string of the molecule is NCCc1nnc(Br)s1. The van der Waals surface area contributed by atoms with Gasteiger partial charge in [0.1, 0.15) is 5.01 Å². The smallest absolute Gasteiger partial charge is 0.183 e. The van der Waals surface area contributed by atoms with E-state index >= 15 is 0 Å². The van der Waals surface area contributed by atoms with Gasteiger partial charge in [-0.05, 0) is 22.5 Å². The van der Waals surface area contributed by atoms with Gasteiger partial charge in [0.25, 0.3) is 0 Å². The third-order valence-corrected chi connectivity index (χ3v) is 2.22. The Labute approximate surface area is 65.4 Å². The molecule has 0 atom stereocenters. The highest BCUT2D eigenvalue weighted by Crippen LogP contribution is 2.15. The van der Waals surface area contributed by atoms with Crippen LogP contribution < -0.4 is 5.73 Å². The van der Waals surface area contributed by atoms with Crippen molar-refractivity contribution in [2.24, 2.45) is 5.73 Å². The molecule has 0 unspecified atom stereocenters. The summed E-state index contributed by atoms with van der Waals surface area (Å²) in [6.45, 7) is 0.641. The van der Waals surface area contributed by atoms with E-state index in [9.17, 15) is 0 Å². The largest absolute Gasteiger partial charge is 0.330 e. The highest BCUT2D eigenvalue weighted by atomic mass is 79.9. The molecule has 0 aliphatic heterocycles. The van der Waals surface area contributed by atoms with E-state index in [1.165, 1.54) is 11.3 Å². The van der Waals surface area contributed by atoms with Crippen molar-refractivity contribution in [3.63, 3.8) is 0 Å². The molecule has 1 aromatic heterocycles. The van der Waals surface area contributed by atoms with E-state index in [2.05, 4.69) is 26.1 Å². The lowest BCUT2D eigenvalue weighted by atomic mass is 10.5. The first-order valence-corrected chi connectivity index (χ1v) is 4.12. The second kappa shape index (κ2) is 3.24. The number of halogens is 1. The molecule has 0 saturated carbocycles. The van der Waals surface area contributed by atoms with Gasteiger partial charge in [0.05, 0.1) is 0 Å². The van der Waals surface area contributed by atoms with Gasteiger partial charge in [-0.25, -0.2) is 0 Å². The number of hydrogen-bond acceptors (Lipinski definition) is 4. The van der Waals surface area contributed by atoms with E-state index in [1.807, 2.05) is 0 Å². The van der Waals surface area contributed by atoms with E-state index in [4.69, 9.17) is 5.73 Å². The van der Waals surface area contributed by atoms with Crippen molar-refractivity contribution in [2.75, 3.05) is 6.54 Å². The molecule has 1 aromatic rings. The Morgan fingerprint density at radius 1 is 1.56 bits per heavy atom. The molecule has 0 fully saturated rings. The highest BCUT2D eigenvalue weighted by molar-refractivity contribution is 9.11. The van der Waals surface area contributed by atoms with Crippen molar-refractivity contribution < 1.29 is 0 Å². The second-order valence-corrected chi connectivity index (χ2v) is 3.83. The molecule has 1 rings (SSSR count). The predicted octanol–water partition coefficient (Wildman–Crippen LogP) is 0.802. The molecular formula is C4H6BrN3S. The van der Waals surface area contributed by atoms with E-state index in [0.717, 1.165) is 15.3 Å². The van der Waals surface area contributed by atoms with Crippen molar-refractivity contribution >= 4 is 27.3 Å². The van der Waals surface area contributed by atoms with Gasteiger partial charge < -0.3 is 5.73 Å². The number of nitrogens with zero attached hydrogens (tertiary/aromatic N) is 2. The van der Waals surface area contributed by atoms with Crippen molar-refractivity contribution in [1.82, 2.24) is 10.2 Å². The molecule has 3 nitrogen and oxygen atoms in total. The zero-order valence-corrected chi connectivity index (χ0v) is 7.07. The molecule has 0 aliphatic rings. The van der Waals surface area contributed by atoms with Crippen molar-refractivity contribution in [1.29, 1.82) is 0 Å². The number of nitrogens with two attached hydrogens (primary N) is 1. The lowest BCUT2D eigenvalue weighted by Crippen LogP contribution is -2.01. The van der Waals surface area contributed by atoms with Gasteiger partial charge >= 0.3 is 0 Å². The summed E-state index contributed by atoms with van der Waals surface area (Å²) in [5.74, 6) is 0. The summed E-state index contributed by atoms with van der Waals surface area (Å²) in [5.41, 5.74) is 5.29. The lowest BCUT2D eigenvalue weighted by molar-refractivity contribution is 0.909. The Hall–Kier alpha value is -0.0000000000000000833. The summed E-state index contributed by atoms with van der Waals surface area (Å²) < 4.78 is 0.825. The number of hydrogen-bond donors (Lipinski definition) is 1. The minimum absolute atomic E-state index is 0.641. The lowest BCUT2D eigenvalue weighted by Gasteiger charge is -1.83. The molecule has 0 aromatic carbocycles. The van der Waals surface area contributed by atoms with Crippen LogP contribution in [0.2, 0.25) is 0 Å². The average molecular weight is 208 g/mol. The Morgan fingerprint density at radius 2 is 2.33 bits per heavy atom. The molecule has 0 amide bonds. The maximum Gasteiger partial charge on any atom is 0.183 e. The Kier molecular flexibility index (Phi) is 2.56. The predicted molar refractivity (Wildman–Crippen MR) is 40.4 cm³/mol. The quantitative estimate of drug-likeness (QED) is 0.782. The summed E-state index contributed by atoms with van der Waals surface area (Å²) in [4.78, 5) is 0. The van der Waals surface area contributed by atoms with Gasteiger partial charge in [-0.2, -0.15) is 0 Å². The minimum Gasteiger partial charge on any atom is -0.330 e. The minimum atomic E-state index is 0.641. The van der Waals surface area contributed by atoms with Gasteiger partial charge in [0.15, 0.2) is 3.92 Å². The zero-order chi connectivity index (χ0) is 6.69. The standard InChI is InChI=1S/C4H6BrN3S/c5-4-8-7-3(9-4)1-2-6/h1-2,6H2. The fourth-order valence-corrected chi connectivity index (χ4v) is 1.68. The van der Waals surface area contributed by atoms with Crippen LogP contribution in [0.5, 0.6) is 0 Å². The Morgan fingerprint density at radius 3 is 2.78 bits per heavy atom. The number of aromatic nitrogens is 2. The maximum atomic E-state index is 5.29. The maximum absolute atomic E-state index is 5.29. The summed E-state index contributed by atoms with van der Waals surface area (Å²) in [5, 5.41) is 8.60. The van der Waals surface area contributed by atoms with Crippen molar-refractivity contribution in [3.05, 3.63) is 8.92 Å². The Balaban J connectivity index is 2.61. The topological polar surface area (TPSA) is 51.8 Å². The van der Waals surface area contributed by atoms with Gasteiger partial charge in [-0.3, -0.25) is 0 Å². The van der Waals surface area contributed by atoms with E-state index in [-0.39, 0.29) is 0 Å². The first-order valence-electron chi connectivity index (χ1n) is 2.51. The summed E-state index contributed by atoms with van der Waals surface area (Å²) >= 11 is 4.73. The van der Waals surface area contributed by atoms with Gasteiger partial charge in [-0.1, -0.05) is 11.3 Å². The van der Waals surface area contributed by atoms with Crippen LogP contribution in [0.25, 0.3) is 0 Å². The second-order valence-electron chi connectivity index (χ2n) is 1.49. The van der Waals surface area contributed by atoms with Crippen molar-refractivity contribution in [3.8, 4) is 0 Å². The van der Waals surface area contributed by atoms with E-state index in [0.29, 0.717) is 6.54 Å². The van der Waals surface area contributed by atoms with E-state index < -0.39 is 0 Å². The van der Waals surface area contributed by atoms with Crippen molar-refractivity contribution in [2.45, 2.75) is 6.42 Å². The molecule has 0 saturated heterocycles. The highest BCUT2D eigenvalue weighted by Gasteiger charge is 1.97. The fraction of sp³-hybridized carbons (Fsp3) is 0.500. The molecular weight excluding hydrogens is 202 g/mol. The molecule has 50 valence electrons. The van der Waals surface area contributed by atoms with Crippen LogP contribution in [0, 0.1) is 0 Å². The van der Waals surface area contributed by atoms with Crippen LogP contribution in [0.1, 0.15) is 5.01 Å². The summed E-state index contributed by atoms with van der Waals surface area (Å²) in [7, 11) is 0. The summed E-state index contributed by atoms with van der Waals surface area (Å²) in [6.07, 6.45) is 0.823.